The van der Waals surface area contributed by atoms with E-state index < -0.39 is 0 Å². The molecule has 5 heteroatoms. The van der Waals surface area contributed by atoms with E-state index in [1.807, 2.05) is 24.4 Å². The Morgan fingerprint density at radius 2 is 2.00 bits per heavy atom. The number of pyridine rings is 2. The second kappa shape index (κ2) is 4.74. The molecule has 0 N–H and O–H groups in total. The van der Waals surface area contributed by atoms with Gasteiger partial charge in [0.25, 0.3) is 0 Å². The fourth-order valence-electron chi connectivity index (χ4n) is 1.98. The molecule has 0 fully saturated rings. The fourth-order valence-corrected chi connectivity index (χ4v) is 2.19. The van der Waals surface area contributed by atoms with Gasteiger partial charge in [-0.3, -0.25) is 9.97 Å². The summed E-state index contributed by atoms with van der Waals surface area (Å²) in [4.78, 5) is 12.7. The Morgan fingerprint density at radius 1 is 1.11 bits per heavy atom. The molecule has 0 atom stereocenters. The van der Waals surface area contributed by atoms with Crippen LogP contribution in [0.15, 0.2) is 43.0 Å². The van der Waals surface area contributed by atoms with E-state index in [4.69, 9.17) is 11.6 Å². The summed E-state index contributed by atoms with van der Waals surface area (Å²) in [5.74, 6) is 1.23. The molecule has 0 spiro atoms. The molecule has 3 rings (SSSR count). The molecular formula is C13H11ClN4. The highest BCUT2D eigenvalue weighted by atomic mass is 35.5. The molecule has 0 amide bonds. The van der Waals surface area contributed by atoms with Gasteiger partial charge < -0.3 is 4.57 Å². The molecule has 0 saturated carbocycles. The Bertz CT molecular complexity index is 663. The number of hydrogen-bond acceptors (Lipinski definition) is 3. The van der Waals surface area contributed by atoms with Crippen molar-refractivity contribution in [3.05, 3.63) is 54.4 Å². The molecule has 0 radical (unpaired) electrons. The molecule has 0 aliphatic carbocycles. The van der Waals surface area contributed by atoms with Crippen LogP contribution in [0.5, 0.6) is 0 Å². The van der Waals surface area contributed by atoms with E-state index in [0.29, 0.717) is 5.88 Å². The van der Waals surface area contributed by atoms with Crippen molar-refractivity contribution < 1.29 is 0 Å². The van der Waals surface area contributed by atoms with Crippen LogP contribution in [0, 0.1) is 0 Å². The molecule has 0 saturated heterocycles. The number of fused-ring (bicyclic) bond motifs is 1. The average molecular weight is 259 g/mol. The van der Waals surface area contributed by atoms with Gasteiger partial charge in [-0.1, -0.05) is 6.07 Å². The zero-order chi connectivity index (χ0) is 12.4. The summed E-state index contributed by atoms with van der Waals surface area (Å²) in [6.45, 7) is 0.719. The van der Waals surface area contributed by atoms with E-state index in [2.05, 4.69) is 19.5 Å². The minimum Gasteiger partial charge on any atom is -0.322 e. The van der Waals surface area contributed by atoms with Gasteiger partial charge in [0.05, 0.1) is 24.1 Å². The van der Waals surface area contributed by atoms with Gasteiger partial charge in [-0.25, -0.2) is 4.98 Å². The van der Waals surface area contributed by atoms with Crippen LogP contribution >= 0.6 is 11.6 Å². The largest absolute Gasteiger partial charge is 0.322 e. The van der Waals surface area contributed by atoms with Crippen molar-refractivity contribution in [1.29, 1.82) is 0 Å². The molecule has 3 aromatic rings. The average Bonchev–Trinajstić information content (AvgIpc) is 2.78. The molecule has 3 aromatic heterocycles. The topological polar surface area (TPSA) is 43.6 Å². The van der Waals surface area contributed by atoms with Crippen molar-refractivity contribution in [3.63, 3.8) is 0 Å². The molecule has 90 valence electrons. The predicted octanol–water partition coefficient (Wildman–Crippen LogP) is 2.61. The maximum absolute atomic E-state index is 5.95. The molecule has 0 aromatic carbocycles. The number of halogens is 1. The van der Waals surface area contributed by atoms with Crippen LogP contribution in [0.25, 0.3) is 11.0 Å². The Kier molecular flexibility index (Phi) is 2.94. The first kappa shape index (κ1) is 11.2. The van der Waals surface area contributed by atoms with Crippen molar-refractivity contribution >= 4 is 22.6 Å². The van der Waals surface area contributed by atoms with E-state index in [1.54, 1.807) is 18.6 Å². The highest BCUT2D eigenvalue weighted by molar-refractivity contribution is 6.16. The lowest BCUT2D eigenvalue weighted by molar-refractivity contribution is 0.775. The lowest BCUT2D eigenvalue weighted by Crippen LogP contribution is -2.03. The van der Waals surface area contributed by atoms with Crippen LogP contribution in [-0.4, -0.2) is 19.5 Å². The number of rotatable bonds is 3. The van der Waals surface area contributed by atoms with Gasteiger partial charge in [0.2, 0.25) is 0 Å². The van der Waals surface area contributed by atoms with Crippen LogP contribution in [0.3, 0.4) is 0 Å². The second-order valence-corrected chi connectivity index (χ2v) is 4.24. The van der Waals surface area contributed by atoms with Gasteiger partial charge in [-0.15, -0.1) is 11.6 Å². The zero-order valence-corrected chi connectivity index (χ0v) is 10.4. The van der Waals surface area contributed by atoms with Crippen molar-refractivity contribution in [2.75, 3.05) is 0 Å². The smallest absolute Gasteiger partial charge is 0.125 e. The second-order valence-electron chi connectivity index (χ2n) is 3.97. The van der Waals surface area contributed by atoms with Crippen LogP contribution in [0.4, 0.5) is 0 Å². The van der Waals surface area contributed by atoms with Crippen molar-refractivity contribution in [1.82, 2.24) is 19.5 Å². The number of hydrogen-bond donors (Lipinski definition) is 0. The third kappa shape index (κ3) is 1.95. The number of nitrogens with zero attached hydrogens (tertiary/aromatic N) is 4. The molecule has 3 heterocycles. The normalized spacial score (nSPS) is 10.9. The van der Waals surface area contributed by atoms with E-state index >= 15 is 0 Å². The number of aromatic nitrogens is 4. The lowest BCUT2D eigenvalue weighted by Gasteiger charge is -2.07. The van der Waals surface area contributed by atoms with Crippen LogP contribution in [0.2, 0.25) is 0 Å². The lowest BCUT2D eigenvalue weighted by atomic mass is 10.3. The number of imidazole rings is 1. The third-order valence-corrected chi connectivity index (χ3v) is 3.05. The van der Waals surface area contributed by atoms with Crippen molar-refractivity contribution in [2.24, 2.45) is 0 Å². The fraction of sp³-hybridized carbons (Fsp3) is 0.154. The summed E-state index contributed by atoms with van der Waals surface area (Å²) in [5.41, 5.74) is 3.04. The van der Waals surface area contributed by atoms with Gasteiger partial charge >= 0.3 is 0 Å². The molecule has 0 unspecified atom stereocenters. The first-order chi connectivity index (χ1) is 8.88. The third-order valence-electron chi connectivity index (χ3n) is 2.81. The summed E-state index contributed by atoms with van der Waals surface area (Å²) < 4.78 is 2.10. The molecule has 0 aliphatic rings. The van der Waals surface area contributed by atoms with E-state index in [-0.39, 0.29) is 0 Å². The minimum atomic E-state index is 0.384. The van der Waals surface area contributed by atoms with Crippen LogP contribution in [-0.2, 0) is 12.4 Å². The Balaban J connectivity index is 2.10. The quantitative estimate of drug-likeness (QED) is 0.679. The van der Waals surface area contributed by atoms with Crippen molar-refractivity contribution in [3.8, 4) is 0 Å². The first-order valence-corrected chi connectivity index (χ1v) is 6.16. The van der Waals surface area contributed by atoms with Crippen molar-refractivity contribution in [2.45, 2.75) is 12.4 Å². The maximum atomic E-state index is 5.95. The SMILES string of the molecule is ClCc1nc2cnccc2n1Cc1cccnc1. The summed E-state index contributed by atoms with van der Waals surface area (Å²) in [6, 6.07) is 5.92. The maximum Gasteiger partial charge on any atom is 0.125 e. The van der Waals surface area contributed by atoms with Crippen LogP contribution < -0.4 is 0 Å². The van der Waals surface area contributed by atoms with Gasteiger partial charge in [-0.05, 0) is 17.7 Å². The van der Waals surface area contributed by atoms with E-state index in [1.165, 1.54) is 0 Å². The van der Waals surface area contributed by atoms with Gasteiger partial charge in [0.1, 0.15) is 11.3 Å². The first-order valence-electron chi connectivity index (χ1n) is 5.62. The molecular weight excluding hydrogens is 248 g/mol. The van der Waals surface area contributed by atoms with Gasteiger partial charge in [0, 0.05) is 18.6 Å². The Hall–Kier alpha value is -1.94. The number of alkyl halides is 1. The Labute approximate surface area is 109 Å². The molecule has 0 bridgehead atoms. The monoisotopic (exact) mass is 258 g/mol. The minimum absolute atomic E-state index is 0.384. The molecule has 4 nitrogen and oxygen atoms in total. The Morgan fingerprint density at radius 3 is 2.78 bits per heavy atom. The highest BCUT2D eigenvalue weighted by Crippen LogP contribution is 2.17. The predicted molar refractivity (Wildman–Crippen MR) is 70.4 cm³/mol. The van der Waals surface area contributed by atoms with E-state index in [0.717, 1.165) is 29.0 Å². The summed E-state index contributed by atoms with van der Waals surface area (Å²) >= 11 is 5.95. The molecule has 18 heavy (non-hydrogen) atoms. The molecule has 0 aliphatic heterocycles. The summed E-state index contributed by atoms with van der Waals surface area (Å²) in [5, 5.41) is 0. The standard InChI is InChI=1S/C13H11ClN4/c14-6-13-17-11-8-16-5-3-12(11)18(13)9-10-2-1-4-15-7-10/h1-5,7-8H,6,9H2. The summed E-state index contributed by atoms with van der Waals surface area (Å²) in [6.07, 6.45) is 7.14. The summed E-state index contributed by atoms with van der Waals surface area (Å²) in [7, 11) is 0. The zero-order valence-electron chi connectivity index (χ0n) is 9.62. The van der Waals surface area contributed by atoms with Gasteiger partial charge in [-0.2, -0.15) is 0 Å². The van der Waals surface area contributed by atoms with Crippen LogP contribution in [0.1, 0.15) is 11.4 Å². The highest BCUT2D eigenvalue weighted by Gasteiger charge is 2.09. The van der Waals surface area contributed by atoms with E-state index in [9.17, 15) is 0 Å². The van der Waals surface area contributed by atoms with Gasteiger partial charge in [0.15, 0.2) is 0 Å².